The summed E-state index contributed by atoms with van der Waals surface area (Å²) < 4.78 is 14.0. The molecule has 1 aromatic carbocycles. The summed E-state index contributed by atoms with van der Waals surface area (Å²) in [6, 6.07) is 4.42. The first-order valence-corrected chi connectivity index (χ1v) is 5.60. The zero-order valence-electron chi connectivity index (χ0n) is 7.37. The first kappa shape index (κ1) is 10.3. The minimum absolute atomic E-state index is 0.0267. The van der Waals surface area contributed by atoms with Gasteiger partial charge in [0.15, 0.2) is 0 Å². The van der Waals surface area contributed by atoms with Crippen LogP contribution in [0.3, 0.4) is 0 Å². The van der Waals surface area contributed by atoms with Crippen molar-refractivity contribution in [3.63, 3.8) is 0 Å². The molecule has 0 spiro atoms. The molecule has 1 heterocycles. The molecule has 0 bridgehead atoms. The third kappa shape index (κ3) is 2.06. The highest BCUT2D eigenvalue weighted by Gasteiger charge is 2.07. The van der Waals surface area contributed by atoms with Gasteiger partial charge in [0.25, 0.3) is 0 Å². The molecule has 0 fully saturated rings. The van der Waals surface area contributed by atoms with Gasteiger partial charge in [-0.15, -0.1) is 11.3 Å². The van der Waals surface area contributed by atoms with Gasteiger partial charge in [-0.2, -0.15) is 0 Å². The van der Waals surface area contributed by atoms with Gasteiger partial charge in [-0.3, -0.25) is 0 Å². The third-order valence-corrected chi connectivity index (χ3v) is 3.32. The van der Waals surface area contributed by atoms with Crippen LogP contribution in [0.2, 0.25) is 0 Å². The Hall–Kier alpha value is -1.25. The van der Waals surface area contributed by atoms with Crippen LogP contribution in [0.15, 0.2) is 28.2 Å². The Morgan fingerprint density at radius 1 is 1.47 bits per heavy atom. The molecule has 0 N–H and O–H groups in total. The molecule has 15 heavy (non-hydrogen) atoms. The van der Waals surface area contributed by atoms with Crippen LogP contribution in [0.25, 0.3) is 15.4 Å². The van der Waals surface area contributed by atoms with Gasteiger partial charge in [0.1, 0.15) is 10.8 Å². The van der Waals surface area contributed by atoms with E-state index in [9.17, 15) is 4.39 Å². The highest BCUT2D eigenvalue weighted by atomic mass is 79.9. The molecule has 0 radical (unpaired) electrons. The lowest BCUT2D eigenvalue weighted by Gasteiger charge is -1.97. The molecule has 0 saturated heterocycles. The number of rotatable bonds is 1. The predicted octanol–water partition coefficient (Wildman–Crippen LogP) is 4.26. The average Bonchev–Trinajstić information content (AvgIpc) is 2.66. The molecule has 0 aliphatic rings. The second kappa shape index (κ2) is 4.09. The van der Waals surface area contributed by atoms with Crippen LogP contribution in [0.1, 0.15) is 0 Å². The van der Waals surface area contributed by atoms with Gasteiger partial charge in [0.05, 0.1) is 16.6 Å². The van der Waals surface area contributed by atoms with Crippen LogP contribution in [0.4, 0.5) is 10.1 Å². The van der Waals surface area contributed by atoms with Crippen molar-refractivity contribution in [1.29, 1.82) is 0 Å². The number of hydrogen-bond acceptors (Lipinski definition) is 2. The van der Waals surface area contributed by atoms with Crippen LogP contribution >= 0.6 is 27.3 Å². The maximum absolute atomic E-state index is 13.1. The predicted molar refractivity (Wildman–Crippen MR) is 61.5 cm³/mol. The second-order valence-electron chi connectivity index (χ2n) is 2.75. The van der Waals surface area contributed by atoms with E-state index in [2.05, 4.69) is 25.8 Å². The molecule has 5 heteroatoms. The number of hydrogen-bond donors (Lipinski definition) is 0. The molecular formula is C10H4BrFN2S. The van der Waals surface area contributed by atoms with Gasteiger partial charge in [-0.05, 0) is 28.1 Å². The lowest BCUT2D eigenvalue weighted by atomic mass is 10.2. The van der Waals surface area contributed by atoms with Crippen molar-refractivity contribution < 1.29 is 4.39 Å². The molecule has 0 atom stereocenters. The summed E-state index contributed by atoms with van der Waals surface area (Å²) in [5, 5.41) is 0.770. The van der Waals surface area contributed by atoms with Crippen molar-refractivity contribution in [2.45, 2.75) is 0 Å². The van der Waals surface area contributed by atoms with Crippen molar-refractivity contribution in [3.8, 4) is 10.6 Å². The highest BCUT2D eigenvalue weighted by molar-refractivity contribution is 9.11. The van der Waals surface area contributed by atoms with Crippen molar-refractivity contribution in [2.75, 3.05) is 0 Å². The molecule has 0 unspecified atom stereocenters. The Morgan fingerprint density at radius 3 is 2.87 bits per heavy atom. The molecule has 0 saturated carbocycles. The van der Waals surface area contributed by atoms with E-state index in [0.717, 1.165) is 14.4 Å². The van der Waals surface area contributed by atoms with Gasteiger partial charge in [0, 0.05) is 5.56 Å². The Labute approximate surface area is 98.3 Å². The monoisotopic (exact) mass is 282 g/mol. The van der Waals surface area contributed by atoms with Gasteiger partial charge in [0.2, 0.25) is 5.69 Å². The van der Waals surface area contributed by atoms with Crippen molar-refractivity contribution in [3.05, 3.63) is 45.4 Å². The van der Waals surface area contributed by atoms with Gasteiger partial charge in [-0.25, -0.2) is 14.2 Å². The smallest absolute Gasteiger partial charge is 0.222 e. The normalized spacial score (nSPS) is 9.93. The van der Waals surface area contributed by atoms with E-state index in [-0.39, 0.29) is 5.69 Å². The van der Waals surface area contributed by atoms with Crippen molar-refractivity contribution >= 4 is 33.0 Å². The second-order valence-corrected chi connectivity index (χ2v) is 5.16. The number of halogens is 2. The molecule has 74 valence electrons. The van der Waals surface area contributed by atoms with Gasteiger partial charge >= 0.3 is 0 Å². The Morgan fingerprint density at radius 2 is 2.27 bits per heavy atom. The average molecular weight is 283 g/mol. The quantitative estimate of drug-likeness (QED) is 0.715. The van der Waals surface area contributed by atoms with E-state index in [1.54, 1.807) is 12.3 Å². The lowest BCUT2D eigenvalue weighted by Crippen LogP contribution is -1.78. The number of aromatic nitrogens is 1. The fraction of sp³-hybridized carbons (Fsp3) is 0. The number of benzene rings is 1. The topological polar surface area (TPSA) is 17.2 Å². The molecule has 1 aromatic heterocycles. The highest BCUT2D eigenvalue weighted by Crippen LogP contribution is 2.31. The summed E-state index contributed by atoms with van der Waals surface area (Å²) in [5.74, 6) is -0.496. The first-order valence-electron chi connectivity index (χ1n) is 3.99. The Bertz CT molecular complexity index is 545. The molecule has 0 aliphatic heterocycles. The zero-order valence-corrected chi connectivity index (χ0v) is 9.77. The summed E-state index contributed by atoms with van der Waals surface area (Å²) in [5.41, 5.74) is 0.789. The Balaban J connectivity index is 2.51. The van der Waals surface area contributed by atoms with Crippen molar-refractivity contribution in [2.24, 2.45) is 0 Å². The Kier molecular flexibility index (Phi) is 2.80. The van der Waals surface area contributed by atoms with E-state index in [0.29, 0.717) is 0 Å². The van der Waals surface area contributed by atoms with Crippen LogP contribution in [0.5, 0.6) is 0 Å². The number of nitrogens with zero attached hydrogens (tertiary/aromatic N) is 2. The molecule has 2 nitrogen and oxygen atoms in total. The number of thiazole rings is 1. The first-order chi connectivity index (χ1) is 7.20. The van der Waals surface area contributed by atoms with E-state index in [1.165, 1.54) is 23.5 Å². The maximum atomic E-state index is 13.1. The van der Waals surface area contributed by atoms with E-state index in [4.69, 9.17) is 6.57 Å². The largest absolute Gasteiger partial charge is 0.243 e. The molecule has 0 amide bonds. The summed E-state index contributed by atoms with van der Waals surface area (Å²) in [6.45, 7) is 6.81. The maximum Gasteiger partial charge on any atom is 0.222 e. The van der Waals surface area contributed by atoms with E-state index in [1.807, 2.05) is 0 Å². The fourth-order valence-electron chi connectivity index (χ4n) is 1.12. The summed E-state index contributed by atoms with van der Waals surface area (Å²) in [4.78, 5) is 7.24. The summed E-state index contributed by atoms with van der Waals surface area (Å²) in [7, 11) is 0. The third-order valence-electron chi connectivity index (χ3n) is 1.79. The van der Waals surface area contributed by atoms with Crippen LogP contribution < -0.4 is 0 Å². The van der Waals surface area contributed by atoms with Crippen LogP contribution in [-0.2, 0) is 0 Å². The minimum atomic E-state index is -0.496. The van der Waals surface area contributed by atoms with E-state index >= 15 is 0 Å². The van der Waals surface area contributed by atoms with Gasteiger partial charge < -0.3 is 0 Å². The van der Waals surface area contributed by atoms with Crippen LogP contribution in [0, 0.1) is 12.4 Å². The fourth-order valence-corrected chi connectivity index (χ4v) is 2.32. The van der Waals surface area contributed by atoms with Crippen molar-refractivity contribution in [1.82, 2.24) is 4.98 Å². The van der Waals surface area contributed by atoms with E-state index < -0.39 is 5.82 Å². The minimum Gasteiger partial charge on any atom is -0.243 e. The lowest BCUT2D eigenvalue weighted by molar-refractivity contribution is 0.634. The zero-order chi connectivity index (χ0) is 10.8. The van der Waals surface area contributed by atoms with Crippen LogP contribution in [-0.4, -0.2) is 4.98 Å². The molecule has 2 aromatic rings. The summed E-state index contributed by atoms with van der Waals surface area (Å²) >= 11 is 4.75. The van der Waals surface area contributed by atoms with Gasteiger partial charge in [-0.1, -0.05) is 6.07 Å². The SMILES string of the molecule is [C-]#[N+]c1cc(-c2ncc(Br)s2)ccc1F. The standard InChI is InChI=1S/C10H4BrFN2S/c1-13-8-4-6(2-3-7(8)12)10-14-5-9(11)15-10/h2-5H. The molecular weight excluding hydrogens is 279 g/mol. The molecule has 2 rings (SSSR count). The summed E-state index contributed by atoms with van der Waals surface area (Å²) in [6.07, 6.45) is 1.68. The molecule has 0 aliphatic carbocycles.